The Labute approximate surface area is 322 Å². The van der Waals surface area contributed by atoms with Crippen LogP contribution in [0.4, 0.5) is 0 Å². The van der Waals surface area contributed by atoms with Crippen LogP contribution < -0.4 is 9.47 Å². The fraction of sp³-hybridized carbons (Fsp3) is 0.619. The molecule has 0 aromatic heterocycles. The van der Waals surface area contributed by atoms with E-state index in [1.807, 2.05) is 13.0 Å². The van der Waals surface area contributed by atoms with E-state index < -0.39 is 17.9 Å². The van der Waals surface area contributed by atoms with Crippen molar-refractivity contribution in [2.75, 3.05) is 7.11 Å². The summed E-state index contributed by atoms with van der Waals surface area (Å²) in [7, 11) is 1.00. The van der Waals surface area contributed by atoms with E-state index in [-0.39, 0.29) is 46.0 Å². The molecular weight excluding hydrogens is 697 g/mol. The molecule has 10 heteroatoms. The van der Waals surface area contributed by atoms with Gasteiger partial charge >= 0.3 is 17.9 Å². The number of hydrogen-bond donors (Lipinski definition) is 2. The van der Waals surface area contributed by atoms with Gasteiger partial charge in [0.25, 0.3) is 0 Å². The lowest BCUT2D eigenvalue weighted by Crippen LogP contribution is -2.22. The van der Waals surface area contributed by atoms with E-state index in [0.717, 1.165) is 45.4 Å². The van der Waals surface area contributed by atoms with Crippen LogP contribution in [0.2, 0.25) is 0 Å². The molecule has 2 aromatic rings. The van der Waals surface area contributed by atoms with Crippen molar-refractivity contribution in [2.45, 2.75) is 167 Å². The summed E-state index contributed by atoms with van der Waals surface area (Å²) in [5.41, 5.74) is 3.04. The minimum Gasteiger partial charge on any atom is -0.481 e. The van der Waals surface area contributed by atoms with Gasteiger partial charge in [0.2, 0.25) is 0 Å². The highest BCUT2D eigenvalue weighted by atomic mass is 32.2. The number of rotatable bonds is 12. The molecule has 52 heavy (non-hydrogen) atoms. The summed E-state index contributed by atoms with van der Waals surface area (Å²) in [5, 5.41) is 16.0. The number of carboxylic acid groups (broad SMARTS) is 1. The van der Waals surface area contributed by atoms with Crippen LogP contribution >= 0.6 is 23.5 Å². The highest BCUT2D eigenvalue weighted by molar-refractivity contribution is 8.18. The second-order valence-electron chi connectivity index (χ2n) is 17.9. The van der Waals surface area contributed by atoms with Gasteiger partial charge in [-0.05, 0) is 72.3 Å². The summed E-state index contributed by atoms with van der Waals surface area (Å²) in [5.74, 6) is -0.976. The third-order valence-electron chi connectivity index (χ3n) is 6.90. The van der Waals surface area contributed by atoms with Crippen molar-refractivity contribution in [1.82, 2.24) is 0 Å². The van der Waals surface area contributed by atoms with Gasteiger partial charge in [-0.15, -0.1) is 23.5 Å². The average Bonchev–Trinajstić information content (AvgIpc) is 2.95. The number of ether oxygens (including phenoxy) is 2. The molecule has 0 saturated carbocycles. The lowest BCUT2D eigenvalue weighted by atomic mass is 9.79. The smallest absolute Gasteiger partial charge is 0.311 e. The molecule has 2 rings (SSSR count). The number of thioether (sulfide) groups is 2. The van der Waals surface area contributed by atoms with Crippen LogP contribution in [0.3, 0.4) is 0 Å². The fourth-order valence-electron chi connectivity index (χ4n) is 4.68. The number of carbonyl (C=O) groups is 4. The quantitative estimate of drug-likeness (QED) is 0.0709. The van der Waals surface area contributed by atoms with Gasteiger partial charge in [0.1, 0.15) is 17.8 Å². The van der Waals surface area contributed by atoms with Crippen molar-refractivity contribution >= 4 is 47.7 Å². The van der Waals surface area contributed by atoms with Gasteiger partial charge in [-0.25, -0.2) is 0 Å². The molecule has 2 aromatic carbocycles. The Morgan fingerprint density at radius 3 is 1.33 bits per heavy atom. The number of aliphatic hydroxyl groups is 1. The lowest BCUT2D eigenvalue weighted by molar-refractivity contribution is -0.142. The Bertz CT molecular complexity index is 1470. The third kappa shape index (κ3) is 18.3. The molecule has 0 heterocycles. The number of esters is 2. The van der Waals surface area contributed by atoms with Crippen molar-refractivity contribution in [3.8, 4) is 11.5 Å². The van der Waals surface area contributed by atoms with Crippen molar-refractivity contribution in [3.63, 3.8) is 0 Å². The number of aliphatic carboxylic acids is 1. The molecule has 0 bridgehead atoms. The number of hydrogen-bond acceptors (Lipinski definition) is 9. The normalized spacial score (nSPS) is 12.1. The SMILES string of the molecule is CC(C)(C)C.CO.Cc1cc(SC(C)(C)Sc2cc(C(C)(C)C)c(OC(=O)CCC(=O)O)c(C(C)(C)C)c2)cc(C(C)(C)C)c1OC(=O)CCC=O. The fourth-order valence-corrected chi connectivity index (χ4v) is 7.33. The molecule has 294 valence electrons. The van der Waals surface area contributed by atoms with Crippen LogP contribution in [0.15, 0.2) is 34.1 Å². The minimum atomic E-state index is -1.04. The molecule has 0 fully saturated rings. The van der Waals surface area contributed by atoms with Crippen molar-refractivity contribution in [2.24, 2.45) is 5.41 Å². The van der Waals surface area contributed by atoms with Crippen molar-refractivity contribution < 1.29 is 38.9 Å². The summed E-state index contributed by atoms with van der Waals surface area (Å²) in [4.78, 5) is 49.0. The number of carboxylic acids is 1. The number of carbonyl (C=O) groups excluding carboxylic acids is 3. The van der Waals surface area contributed by atoms with Crippen LogP contribution in [0, 0.1) is 12.3 Å². The van der Waals surface area contributed by atoms with Gasteiger partial charge in [0.15, 0.2) is 0 Å². The maximum atomic E-state index is 12.7. The summed E-state index contributed by atoms with van der Waals surface area (Å²) < 4.78 is 11.3. The zero-order chi connectivity index (χ0) is 41.0. The second-order valence-corrected chi connectivity index (χ2v) is 21.5. The van der Waals surface area contributed by atoms with E-state index in [9.17, 15) is 19.2 Å². The van der Waals surface area contributed by atoms with Crippen LogP contribution in [0.5, 0.6) is 11.5 Å². The molecule has 0 aliphatic heterocycles. The Balaban J connectivity index is 0.00000341. The molecule has 0 amide bonds. The molecular formula is C42H66O8S2. The predicted molar refractivity (Wildman–Crippen MR) is 216 cm³/mol. The van der Waals surface area contributed by atoms with Crippen LogP contribution in [0.1, 0.15) is 152 Å². The summed E-state index contributed by atoms with van der Waals surface area (Å²) in [6.07, 6.45) is 0.406. The van der Waals surface area contributed by atoms with Gasteiger partial charge in [-0.2, -0.15) is 0 Å². The van der Waals surface area contributed by atoms with Gasteiger partial charge in [-0.3, -0.25) is 14.4 Å². The van der Waals surface area contributed by atoms with Gasteiger partial charge < -0.3 is 24.5 Å². The molecule has 0 saturated heterocycles. The number of aldehydes is 1. The molecule has 2 N–H and O–H groups in total. The first-order valence-electron chi connectivity index (χ1n) is 17.7. The third-order valence-corrected chi connectivity index (χ3v) is 9.33. The summed E-state index contributed by atoms with van der Waals surface area (Å²) in [6, 6.07) is 8.28. The molecule has 0 unspecified atom stereocenters. The Hall–Kier alpha value is -2.82. The highest BCUT2D eigenvalue weighted by Crippen LogP contribution is 2.50. The number of aliphatic hydroxyl groups excluding tert-OH is 1. The van der Waals surface area contributed by atoms with Gasteiger partial charge in [-0.1, -0.05) is 90.0 Å². The first kappa shape index (κ1) is 49.2. The van der Waals surface area contributed by atoms with E-state index in [1.165, 1.54) is 0 Å². The maximum Gasteiger partial charge on any atom is 0.311 e. The topological polar surface area (TPSA) is 127 Å². The predicted octanol–water partition coefficient (Wildman–Crippen LogP) is 10.8. The first-order valence-corrected chi connectivity index (χ1v) is 19.3. The first-order chi connectivity index (χ1) is 23.4. The summed E-state index contributed by atoms with van der Waals surface area (Å²) >= 11 is 3.43. The van der Waals surface area contributed by atoms with Gasteiger partial charge in [0.05, 0.1) is 23.3 Å². The van der Waals surface area contributed by atoms with Crippen molar-refractivity contribution in [3.05, 3.63) is 46.5 Å². The molecule has 0 aliphatic carbocycles. The number of aryl methyl sites for hydroxylation is 1. The van der Waals surface area contributed by atoms with E-state index >= 15 is 0 Å². The average molecular weight is 763 g/mol. The highest BCUT2D eigenvalue weighted by Gasteiger charge is 2.32. The standard InChI is InChI=1S/C36H50O7S2.C5H12.CH4O/c1-22-18-23(19-25(33(2,3)4)31(22)42-29(40)14-13-17-37)44-36(11,12)45-24-20-26(34(5,6)7)32(27(21-24)35(8,9)10)43-30(41)16-15-28(38)39;1-5(2,3)4;1-2/h17-21H,13-16H2,1-12H3,(H,38,39);1-4H3;2H,1H3. The minimum absolute atomic E-state index is 0.0418. The van der Waals surface area contributed by atoms with Crippen LogP contribution in [-0.4, -0.2) is 45.6 Å². The van der Waals surface area contributed by atoms with Gasteiger partial charge in [0, 0.05) is 40.0 Å². The van der Waals surface area contributed by atoms with E-state index in [2.05, 4.69) is 122 Å². The second kappa shape index (κ2) is 20.0. The lowest BCUT2D eigenvalue weighted by Gasteiger charge is -2.32. The van der Waals surface area contributed by atoms with E-state index in [0.29, 0.717) is 16.9 Å². The van der Waals surface area contributed by atoms with Crippen LogP contribution in [0.25, 0.3) is 0 Å². The number of benzene rings is 2. The Kier molecular flexibility index (Phi) is 18.9. The van der Waals surface area contributed by atoms with E-state index in [4.69, 9.17) is 19.7 Å². The Morgan fingerprint density at radius 1 is 0.615 bits per heavy atom. The monoisotopic (exact) mass is 762 g/mol. The molecule has 8 nitrogen and oxygen atoms in total. The zero-order valence-corrected chi connectivity index (χ0v) is 36.5. The van der Waals surface area contributed by atoms with E-state index in [1.54, 1.807) is 23.5 Å². The molecule has 0 atom stereocenters. The van der Waals surface area contributed by atoms with Crippen LogP contribution in [-0.2, 0) is 35.4 Å². The Morgan fingerprint density at radius 2 is 0.962 bits per heavy atom. The molecule has 0 radical (unpaired) electrons. The summed E-state index contributed by atoms with van der Waals surface area (Å²) in [6.45, 7) is 33.7. The van der Waals surface area contributed by atoms with Crippen molar-refractivity contribution in [1.29, 1.82) is 0 Å². The maximum absolute atomic E-state index is 12.7. The molecule has 0 spiro atoms. The molecule has 0 aliphatic rings. The zero-order valence-electron chi connectivity index (χ0n) is 34.9. The largest absolute Gasteiger partial charge is 0.481 e.